The van der Waals surface area contributed by atoms with Gasteiger partial charge in [-0.1, -0.05) is 212 Å². The van der Waals surface area contributed by atoms with Crippen LogP contribution in [0.15, 0.2) is 405 Å². The molecule has 24 aromatic rings. The molecule has 0 unspecified atom stereocenters. The van der Waals surface area contributed by atoms with Crippen molar-refractivity contribution >= 4 is 109 Å². The number of pyridine rings is 4. The minimum Gasteiger partial charge on any atom is -0.454 e. The Bertz CT molecular complexity index is 7680. The van der Waals surface area contributed by atoms with Crippen molar-refractivity contribution in [3.63, 3.8) is 0 Å². The smallest absolute Gasteiger partial charge is 0.235 e. The third kappa shape index (κ3) is 11.8. The van der Waals surface area contributed by atoms with E-state index < -0.39 is 0 Å². The summed E-state index contributed by atoms with van der Waals surface area (Å²) in [7, 11) is 0. The van der Waals surface area contributed by atoms with Crippen molar-refractivity contribution in [2.24, 2.45) is 0 Å². The molecule has 0 aliphatic heterocycles. The number of hydrogen-bond donors (Lipinski definition) is 0. The lowest BCUT2D eigenvalue weighted by Crippen LogP contribution is -2.04. The van der Waals surface area contributed by atoms with Gasteiger partial charge in [-0.3, -0.25) is 29.1 Å². The molecule has 0 bridgehead atoms. The standard InChI is InChI=1S/C56H36N6.C50H30N6O/c1-3-15-37(16-4-1)41-31-42(38-17-5-2-6-18-38)33-43(32-41)61-52-23-9-7-19-44(52)46-34-39(25-27-54(46)61)40-26-28-55-47(35-40)45-20-8-10-24-53(45)62(55)56-59-50(48-21-11-13-29-57-48)36-51(60-56)49-22-12-14-30-58-49;1-4-18-43-33(12-1)37-28-31(22-24-45(37)55(43)47-20-11-15-36-35-14-3-6-21-48(35)57-49(36)47)32-23-25-46-38(29-32)34-13-2-5-19-44(34)56(46)50-53-41(39-16-7-9-26-51-39)30-42(54-50)40-17-8-10-27-52-40/h1-36H;1-30H. The Hall–Kier alpha value is -16.4. The number of benzene rings is 13. The normalized spacial score (nSPS) is 11.7. The maximum Gasteiger partial charge on any atom is 0.235 e. The van der Waals surface area contributed by atoms with Crippen molar-refractivity contribution in [3.8, 4) is 113 Å². The molecule has 0 amide bonds. The van der Waals surface area contributed by atoms with Gasteiger partial charge in [0, 0.05) is 84.3 Å². The molecule has 11 aromatic heterocycles. The summed E-state index contributed by atoms with van der Waals surface area (Å²) in [6.07, 6.45) is 7.16. The monoisotopic (exact) mass is 1520 g/mol. The third-order valence-electron chi connectivity index (χ3n) is 22.9. The second-order valence-corrected chi connectivity index (χ2v) is 29.8. The predicted molar refractivity (Wildman–Crippen MR) is 483 cm³/mol. The van der Waals surface area contributed by atoms with Gasteiger partial charge in [-0.15, -0.1) is 0 Å². The highest BCUT2D eigenvalue weighted by atomic mass is 16.3. The van der Waals surface area contributed by atoms with Gasteiger partial charge in [0.2, 0.25) is 11.9 Å². The molecule has 0 spiro atoms. The van der Waals surface area contributed by atoms with Gasteiger partial charge in [-0.25, -0.2) is 19.9 Å². The van der Waals surface area contributed by atoms with Crippen LogP contribution in [0.1, 0.15) is 0 Å². The minimum atomic E-state index is 0.562. The lowest BCUT2D eigenvalue weighted by Gasteiger charge is -2.14. The summed E-state index contributed by atoms with van der Waals surface area (Å²) in [5.74, 6) is 1.13. The largest absolute Gasteiger partial charge is 0.454 e. The Morgan fingerprint density at radius 3 is 0.899 bits per heavy atom. The number of aromatic nitrogens is 12. The van der Waals surface area contributed by atoms with Crippen LogP contribution in [-0.2, 0) is 0 Å². The van der Waals surface area contributed by atoms with Crippen LogP contribution in [0.2, 0.25) is 0 Å². The first-order chi connectivity index (χ1) is 59.0. The van der Waals surface area contributed by atoms with Crippen LogP contribution in [0.4, 0.5) is 0 Å². The number of fused-ring (bicyclic) bond motifs is 15. The molecule has 0 aliphatic rings. The molecular formula is C106H66N12O. The molecule has 24 rings (SSSR count). The van der Waals surface area contributed by atoms with Crippen molar-refractivity contribution < 1.29 is 4.42 Å². The van der Waals surface area contributed by atoms with E-state index in [-0.39, 0.29) is 0 Å². The quantitative estimate of drug-likeness (QED) is 0.117. The Balaban J connectivity index is 0.000000140. The summed E-state index contributed by atoms with van der Waals surface area (Å²) >= 11 is 0. The Morgan fingerprint density at radius 1 is 0.185 bits per heavy atom. The zero-order chi connectivity index (χ0) is 78.4. The first-order valence-corrected chi connectivity index (χ1v) is 39.8. The molecular weight excluding hydrogens is 1460 g/mol. The molecule has 119 heavy (non-hydrogen) atoms. The van der Waals surface area contributed by atoms with Gasteiger partial charge in [-0.05, 0) is 208 Å². The van der Waals surface area contributed by atoms with Gasteiger partial charge in [0.15, 0.2) is 5.58 Å². The SMILES string of the molecule is c1ccc(-c2cc(-c3ccccc3)cc(-n3c4ccccc4c4cc(-c5ccc6c(c5)c5ccccc5n6-c5nc(-c6ccccn6)cc(-c6ccccn6)n5)ccc43)c2)cc1.c1ccc(-c2cc(-c3ccccn3)nc(-n3c4ccccc4c4cc(-c5ccc6c(c5)c5ccccc5n6-c5cccc6c5oc5ccccc56)ccc43)n2)nc1. The van der Waals surface area contributed by atoms with Gasteiger partial charge in [-0.2, -0.15) is 0 Å². The fraction of sp³-hybridized carbons (Fsp3) is 0. The number of furan rings is 1. The van der Waals surface area contributed by atoms with Crippen LogP contribution in [0.25, 0.3) is 222 Å². The first-order valence-electron chi connectivity index (χ1n) is 39.8. The lowest BCUT2D eigenvalue weighted by atomic mass is 9.98. The molecule has 0 atom stereocenters. The lowest BCUT2D eigenvalue weighted by molar-refractivity contribution is 0.666. The van der Waals surface area contributed by atoms with Crippen LogP contribution in [0.5, 0.6) is 0 Å². The molecule has 11 heterocycles. The molecule has 13 heteroatoms. The molecule has 13 aromatic carbocycles. The Morgan fingerprint density at radius 2 is 0.504 bits per heavy atom. The zero-order valence-corrected chi connectivity index (χ0v) is 63.9. The van der Waals surface area contributed by atoms with Crippen LogP contribution in [-0.4, -0.2) is 58.1 Å². The number of para-hydroxylation sites is 6. The summed E-state index contributed by atoms with van der Waals surface area (Å²) in [5, 5.41) is 11.5. The molecule has 0 saturated carbocycles. The van der Waals surface area contributed by atoms with E-state index in [1.807, 2.05) is 97.1 Å². The summed E-state index contributed by atoms with van der Waals surface area (Å²) < 4.78 is 15.6. The van der Waals surface area contributed by atoms with E-state index >= 15 is 0 Å². The first kappa shape index (κ1) is 68.2. The summed E-state index contributed by atoms with van der Waals surface area (Å²) in [6.45, 7) is 0. The van der Waals surface area contributed by atoms with Crippen LogP contribution >= 0.6 is 0 Å². The second kappa shape index (κ2) is 28.3. The van der Waals surface area contributed by atoms with E-state index in [0.29, 0.717) is 11.9 Å². The second-order valence-electron chi connectivity index (χ2n) is 29.8. The average Bonchev–Trinajstić information content (AvgIpc) is 1.59. The summed E-state index contributed by atoms with van der Waals surface area (Å²) in [5.41, 5.74) is 27.9. The molecule has 13 nitrogen and oxygen atoms in total. The maximum atomic E-state index is 6.53. The molecule has 556 valence electrons. The average molecular weight is 1520 g/mol. The van der Waals surface area contributed by atoms with Gasteiger partial charge < -0.3 is 13.6 Å². The van der Waals surface area contributed by atoms with Crippen molar-refractivity contribution in [2.75, 3.05) is 0 Å². The molecule has 0 radical (unpaired) electrons. The van der Waals surface area contributed by atoms with Crippen molar-refractivity contribution in [1.29, 1.82) is 0 Å². The summed E-state index contributed by atoms with van der Waals surface area (Å²) in [6, 6.07) is 132. The van der Waals surface area contributed by atoms with Crippen LogP contribution < -0.4 is 0 Å². The predicted octanol–water partition coefficient (Wildman–Crippen LogP) is 26.2. The van der Waals surface area contributed by atoms with Gasteiger partial charge in [0.05, 0.1) is 95.4 Å². The van der Waals surface area contributed by atoms with Gasteiger partial charge >= 0.3 is 0 Å². The summed E-state index contributed by atoms with van der Waals surface area (Å²) in [4.78, 5) is 39.1. The van der Waals surface area contributed by atoms with E-state index in [9.17, 15) is 0 Å². The number of rotatable bonds is 12. The van der Waals surface area contributed by atoms with Crippen molar-refractivity contribution in [1.82, 2.24) is 58.1 Å². The highest BCUT2D eigenvalue weighted by molar-refractivity contribution is 6.16. The highest BCUT2D eigenvalue weighted by Gasteiger charge is 2.25. The Labute approximate surface area is 681 Å². The van der Waals surface area contributed by atoms with Crippen molar-refractivity contribution in [2.45, 2.75) is 0 Å². The van der Waals surface area contributed by atoms with E-state index in [2.05, 4.69) is 317 Å². The van der Waals surface area contributed by atoms with Gasteiger partial charge in [0.1, 0.15) is 5.58 Å². The molecule has 0 aliphatic carbocycles. The van der Waals surface area contributed by atoms with E-state index in [4.69, 9.17) is 24.4 Å². The van der Waals surface area contributed by atoms with E-state index in [0.717, 1.165) is 161 Å². The molecule has 0 saturated heterocycles. The molecule has 0 N–H and O–H groups in total. The van der Waals surface area contributed by atoms with E-state index in [1.165, 1.54) is 49.3 Å². The minimum absolute atomic E-state index is 0.562. The topological polar surface area (TPSA) is 136 Å². The van der Waals surface area contributed by atoms with Crippen LogP contribution in [0.3, 0.4) is 0 Å². The zero-order valence-electron chi connectivity index (χ0n) is 63.9. The van der Waals surface area contributed by atoms with Gasteiger partial charge in [0.25, 0.3) is 0 Å². The van der Waals surface area contributed by atoms with Crippen LogP contribution in [0, 0.1) is 0 Å². The number of nitrogens with zero attached hydrogens (tertiary/aromatic N) is 12. The fourth-order valence-electron chi connectivity index (χ4n) is 17.5. The Kier molecular flexibility index (Phi) is 16.2. The maximum absolute atomic E-state index is 6.53. The fourth-order valence-corrected chi connectivity index (χ4v) is 17.5. The van der Waals surface area contributed by atoms with Crippen molar-refractivity contribution in [3.05, 3.63) is 401 Å². The number of hydrogen-bond acceptors (Lipinski definition) is 9. The molecule has 0 fully saturated rings. The third-order valence-corrected chi connectivity index (χ3v) is 22.9. The highest BCUT2D eigenvalue weighted by Crippen LogP contribution is 2.45. The van der Waals surface area contributed by atoms with E-state index in [1.54, 1.807) is 24.8 Å².